The molecule has 0 saturated carbocycles. The molecule has 1 amide bonds. The van der Waals surface area contributed by atoms with Crippen molar-refractivity contribution in [3.63, 3.8) is 0 Å². The summed E-state index contributed by atoms with van der Waals surface area (Å²) in [4.78, 5) is 21.4. The fraction of sp³-hybridized carbons (Fsp3) is 0.300. The van der Waals surface area contributed by atoms with Gasteiger partial charge in [0, 0.05) is 30.3 Å². The maximum absolute atomic E-state index is 11.6. The average Bonchev–Trinajstić information content (AvgIpc) is 2.28. The summed E-state index contributed by atoms with van der Waals surface area (Å²) in [6.07, 6.45) is 0. The highest BCUT2D eigenvalue weighted by molar-refractivity contribution is 5.94. The summed E-state index contributed by atoms with van der Waals surface area (Å²) in [7, 11) is 0. The summed E-state index contributed by atoms with van der Waals surface area (Å²) in [6.45, 7) is 2.13. The summed E-state index contributed by atoms with van der Waals surface area (Å²) in [5.74, 6) is -0.284. The monoisotopic (exact) mass is 223 g/mol. The molecule has 0 aliphatic rings. The van der Waals surface area contributed by atoms with Gasteiger partial charge in [-0.1, -0.05) is 0 Å². The van der Waals surface area contributed by atoms with Crippen molar-refractivity contribution in [1.82, 2.24) is 5.32 Å². The molecule has 0 unspecified atom stereocenters. The molecule has 0 heterocycles. The van der Waals surface area contributed by atoms with Gasteiger partial charge in [0.05, 0.1) is 4.92 Å². The Balaban J connectivity index is 2.74. The standard InChI is InChI=1S/C10H13N3O3/c1-7(6-11)12-10(14)8-2-4-9(5-3-8)13(15)16/h2-5,7H,6,11H2,1H3,(H,12,14)/t7-/m0/s1. The number of nitro benzene ring substituents is 1. The Kier molecular flexibility index (Phi) is 3.96. The quantitative estimate of drug-likeness (QED) is 0.579. The van der Waals surface area contributed by atoms with E-state index in [2.05, 4.69) is 5.32 Å². The molecule has 0 radical (unpaired) electrons. The van der Waals surface area contributed by atoms with Crippen LogP contribution in [0, 0.1) is 10.1 Å². The van der Waals surface area contributed by atoms with Crippen LogP contribution in [0.25, 0.3) is 0 Å². The number of amides is 1. The second-order valence-electron chi connectivity index (χ2n) is 3.41. The minimum atomic E-state index is -0.510. The van der Waals surface area contributed by atoms with Crippen LogP contribution in [0.3, 0.4) is 0 Å². The van der Waals surface area contributed by atoms with E-state index in [0.29, 0.717) is 12.1 Å². The third-order valence-electron chi connectivity index (χ3n) is 2.07. The lowest BCUT2D eigenvalue weighted by Gasteiger charge is -2.10. The van der Waals surface area contributed by atoms with Crippen molar-refractivity contribution >= 4 is 11.6 Å². The molecule has 0 fully saturated rings. The van der Waals surface area contributed by atoms with Gasteiger partial charge in [0.2, 0.25) is 0 Å². The van der Waals surface area contributed by atoms with Crippen molar-refractivity contribution in [3.8, 4) is 0 Å². The van der Waals surface area contributed by atoms with Crippen LogP contribution in [0.5, 0.6) is 0 Å². The molecule has 16 heavy (non-hydrogen) atoms. The van der Waals surface area contributed by atoms with Gasteiger partial charge in [0.1, 0.15) is 0 Å². The molecule has 86 valence electrons. The van der Waals surface area contributed by atoms with Gasteiger partial charge in [-0.3, -0.25) is 14.9 Å². The number of hydrogen-bond donors (Lipinski definition) is 2. The van der Waals surface area contributed by atoms with E-state index >= 15 is 0 Å². The average molecular weight is 223 g/mol. The Morgan fingerprint density at radius 2 is 2.06 bits per heavy atom. The van der Waals surface area contributed by atoms with Crippen LogP contribution < -0.4 is 11.1 Å². The number of nitrogens with one attached hydrogen (secondary N) is 1. The minimum absolute atomic E-state index is 0.0385. The van der Waals surface area contributed by atoms with Crippen molar-refractivity contribution in [2.24, 2.45) is 5.73 Å². The van der Waals surface area contributed by atoms with E-state index in [1.165, 1.54) is 24.3 Å². The molecule has 0 aliphatic heterocycles. The molecule has 1 aromatic rings. The first-order valence-electron chi connectivity index (χ1n) is 4.80. The lowest BCUT2D eigenvalue weighted by atomic mass is 10.2. The van der Waals surface area contributed by atoms with Gasteiger partial charge in [-0.05, 0) is 19.1 Å². The lowest BCUT2D eigenvalue weighted by Crippen LogP contribution is -2.37. The zero-order chi connectivity index (χ0) is 12.1. The number of rotatable bonds is 4. The Bertz CT molecular complexity index is 389. The molecular weight excluding hydrogens is 210 g/mol. The zero-order valence-electron chi connectivity index (χ0n) is 8.84. The lowest BCUT2D eigenvalue weighted by molar-refractivity contribution is -0.384. The molecule has 6 heteroatoms. The third kappa shape index (κ3) is 3.03. The van der Waals surface area contributed by atoms with Gasteiger partial charge < -0.3 is 11.1 Å². The van der Waals surface area contributed by atoms with E-state index in [1.807, 2.05) is 0 Å². The molecule has 1 aromatic carbocycles. The maximum Gasteiger partial charge on any atom is 0.269 e. The third-order valence-corrected chi connectivity index (χ3v) is 2.07. The Hall–Kier alpha value is -1.95. The number of carbonyl (C=O) groups excluding carboxylic acids is 1. The van der Waals surface area contributed by atoms with Gasteiger partial charge in [0.25, 0.3) is 11.6 Å². The molecule has 3 N–H and O–H groups in total. The molecule has 0 saturated heterocycles. The number of benzene rings is 1. The van der Waals surface area contributed by atoms with Crippen molar-refractivity contribution in [1.29, 1.82) is 0 Å². The molecule has 6 nitrogen and oxygen atoms in total. The number of hydrogen-bond acceptors (Lipinski definition) is 4. The molecule has 1 rings (SSSR count). The molecule has 1 atom stereocenters. The zero-order valence-corrected chi connectivity index (χ0v) is 8.84. The topological polar surface area (TPSA) is 98.3 Å². The van der Waals surface area contributed by atoms with E-state index in [1.54, 1.807) is 6.92 Å². The van der Waals surface area contributed by atoms with Gasteiger partial charge >= 0.3 is 0 Å². The van der Waals surface area contributed by atoms with Crippen LogP contribution in [0.15, 0.2) is 24.3 Å². The normalized spacial score (nSPS) is 11.9. The van der Waals surface area contributed by atoms with Crippen molar-refractivity contribution in [2.75, 3.05) is 6.54 Å². The molecule has 0 aromatic heterocycles. The summed E-state index contributed by atoms with van der Waals surface area (Å²) in [5, 5.41) is 13.1. The number of nitrogens with zero attached hydrogens (tertiary/aromatic N) is 1. The number of non-ortho nitro benzene ring substituents is 1. The summed E-state index contributed by atoms with van der Waals surface area (Å²) < 4.78 is 0. The first-order chi connectivity index (χ1) is 7.54. The van der Waals surface area contributed by atoms with Crippen molar-refractivity contribution in [2.45, 2.75) is 13.0 Å². The molecule has 0 aliphatic carbocycles. The highest BCUT2D eigenvalue weighted by atomic mass is 16.6. The maximum atomic E-state index is 11.6. The van der Waals surface area contributed by atoms with Crippen molar-refractivity contribution in [3.05, 3.63) is 39.9 Å². The van der Waals surface area contributed by atoms with Crippen LogP contribution in [0.2, 0.25) is 0 Å². The van der Waals surface area contributed by atoms with E-state index < -0.39 is 4.92 Å². The van der Waals surface area contributed by atoms with Gasteiger partial charge in [-0.2, -0.15) is 0 Å². The van der Waals surface area contributed by atoms with E-state index in [4.69, 9.17) is 5.73 Å². The first-order valence-corrected chi connectivity index (χ1v) is 4.80. The largest absolute Gasteiger partial charge is 0.348 e. The first kappa shape index (κ1) is 12.1. The summed E-state index contributed by atoms with van der Waals surface area (Å²) in [6, 6.07) is 5.29. The van der Waals surface area contributed by atoms with Gasteiger partial charge in [-0.25, -0.2) is 0 Å². The number of nitro groups is 1. The van der Waals surface area contributed by atoms with Crippen LogP contribution in [0.1, 0.15) is 17.3 Å². The van der Waals surface area contributed by atoms with Crippen LogP contribution in [-0.2, 0) is 0 Å². The highest BCUT2D eigenvalue weighted by Gasteiger charge is 2.10. The summed E-state index contributed by atoms with van der Waals surface area (Å²) in [5.41, 5.74) is 5.70. The van der Waals surface area contributed by atoms with Crippen LogP contribution in [0.4, 0.5) is 5.69 Å². The summed E-state index contributed by atoms with van der Waals surface area (Å²) >= 11 is 0. The van der Waals surface area contributed by atoms with E-state index in [-0.39, 0.29) is 17.6 Å². The smallest absolute Gasteiger partial charge is 0.269 e. The fourth-order valence-electron chi connectivity index (χ4n) is 1.10. The fourth-order valence-corrected chi connectivity index (χ4v) is 1.10. The predicted molar refractivity (Wildman–Crippen MR) is 59.1 cm³/mol. The minimum Gasteiger partial charge on any atom is -0.348 e. The highest BCUT2D eigenvalue weighted by Crippen LogP contribution is 2.11. The SMILES string of the molecule is C[C@@H](CN)NC(=O)c1ccc([N+](=O)[O-])cc1. The number of nitrogens with two attached hydrogens (primary N) is 1. The Morgan fingerprint density at radius 3 is 2.50 bits per heavy atom. The van der Waals surface area contributed by atoms with E-state index in [9.17, 15) is 14.9 Å². The second-order valence-corrected chi connectivity index (χ2v) is 3.41. The van der Waals surface area contributed by atoms with Crippen LogP contribution in [-0.4, -0.2) is 23.4 Å². The Morgan fingerprint density at radius 1 is 1.50 bits per heavy atom. The van der Waals surface area contributed by atoms with Gasteiger partial charge in [0.15, 0.2) is 0 Å². The molecule has 0 bridgehead atoms. The molecule has 0 spiro atoms. The number of carbonyl (C=O) groups is 1. The van der Waals surface area contributed by atoms with Crippen LogP contribution >= 0.6 is 0 Å². The van der Waals surface area contributed by atoms with Gasteiger partial charge in [-0.15, -0.1) is 0 Å². The van der Waals surface area contributed by atoms with Crippen molar-refractivity contribution < 1.29 is 9.72 Å². The second kappa shape index (κ2) is 5.22. The molecular formula is C10H13N3O3. The predicted octanol–water partition coefficient (Wildman–Crippen LogP) is 0.672. The van der Waals surface area contributed by atoms with E-state index in [0.717, 1.165) is 0 Å². The Labute approximate surface area is 92.6 Å².